The number of allylic oxidation sites excluding steroid dienone is 8. The summed E-state index contributed by atoms with van der Waals surface area (Å²) in [6.07, 6.45) is 9.56. The van der Waals surface area contributed by atoms with Crippen molar-refractivity contribution in [1.29, 1.82) is 31.6 Å². The van der Waals surface area contributed by atoms with E-state index < -0.39 is 56.5 Å². The molecule has 0 aliphatic heterocycles. The molecule has 277 valence electrons. The van der Waals surface area contributed by atoms with Crippen molar-refractivity contribution >= 4 is 23.0 Å². The molecule has 2 rings (SSSR count). The molecule has 53 heavy (non-hydrogen) atoms. The first-order valence-corrected chi connectivity index (χ1v) is 16.9. The van der Waals surface area contributed by atoms with Gasteiger partial charge in [0.2, 0.25) is 11.6 Å². The van der Waals surface area contributed by atoms with Crippen LogP contribution in [0.3, 0.4) is 0 Å². The van der Waals surface area contributed by atoms with Gasteiger partial charge >= 0.3 is 17.1 Å². The quantitative estimate of drug-likeness (QED) is 0.0993. The van der Waals surface area contributed by atoms with Crippen LogP contribution in [-0.2, 0) is 26.7 Å². The third kappa shape index (κ3) is 13.1. The molecule has 1 radical (unpaired) electrons. The number of Topliss-reactive ketones (excluding diaryl/α,β-unsaturated/α-hetero) is 2. The molecule has 0 spiro atoms. The van der Waals surface area contributed by atoms with Gasteiger partial charge in [0.05, 0.1) is 34.0 Å². The van der Waals surface area contributed by atoms with Gasteiger partial charge < -0.3 is 20.8 Å². The van der Waals surface area contributed by atoms with E-state index in [0.29, 0.717) is 26.2 Å². The number of nitrogens with zero attached hydrogens (tertiary/aromatic N) is 8. The fourth-order valence-electron chi connectivity index (χ4n) is 4.48. The van der Waals surface area contributed by atoms with Gasteiger partial charge in [-0.05, 0) is 37.8 Å². The minimum atomic E-state index is -0.730. The van der Waals surface area contributed by atoms with Crippen molar-refractivity contribution in [3.05, 3.63) is 68.5 Å². The molecule has 0 amide bonds. The van der Waals surface area contributed by atoms with Crippen molar-refractivity contribution in [3.8, 4) is 36.4 Å². The number of unbranched alkanes of at least 4 members (excludes halogenated alkanes) is 4. The third-order valence-electron chi connectivity index (χ3n) is 7.37. The van der Waals surface area contributed by atoms with E-state index in [1.165, 1.54) is 12.2 Å². The van der Waals surface area contributed by atoms with Crippen LogP contribution in [-0.4, -0.2) is 49.2 Å². The van der Waals surface area contributed by atoms with Gasteiger partial charge in [-0.25, -0.2) is 0 Å². The first-order valence-electron chi connectivity index (χ1n) is 16.9. The molecule has 0 unspecified atom stereocenters. The first kappa shape index (κ1) is 46.8. The number of hydrogen-bond donors (Lipinski definition) is 2. The Morgan fingerprint density at radius 2 is 0.906 bits per heavy atom. The molecule has 2 N–H and O–H groups in total. The molecule has 2 aliphatic carbocycles. The monoisotopic (exact) mass is 763 g/mol. The van der Waals surface area contributed by atoms with Gasteiger partial charge in [-0.15, -0.1) is 0 Å². The second-order valence-electron chi connectivity index (χ2n) is 11.2. The van der Waals surface area contributed by atoms with Crippen LogP contribution >= 0.6 is 0 Å². The van der Waals surface area contributed by atoms with Crippen molar-refractivity contribution < 1.29 is 36.9 Å². The normalized spacial score (nSPS) is 14.7. The van der Waals surface area contributed by atoms with Crippen molar-refractivity contribution in [3.63, 3.8) is 0 Å². The Kier molecular flexibility index (Phi) is 22.7. The average Bonchev–Trinajstić information content (AvgIpc) is 3.14. The number of carbonyl (C=O) groups is 2. The molecule has 14 nitrogen and oxygen atoms in total. The molecule has 0 saturated heterocycles. The van der Waals surface area contributed by atoms with Crippen LogP contribution < -0.4 is 20.8 Å². The summed E-state index contributed by atoms with van der Waals surface area (Å²) in [6.45, 7) is 9.83. The Morgan fingerprint density at radius 3 is 1.17 bits per heavy atom. The molecular weight excluding hydrogens is 724 g/mol. The smallest absolute Gasteiger partial charge is 0.870 e. The Morgan fingerprint density at radius 1 is 0.585 bits per heavy atom. The van der Waals surface area contributed by atoms with Gasteiger partial charge in [-0.2, -0.15) is 31.6 Å². The van der Waals surface area contributed by atoms with Crippen molar-refractivity contribution in [2.24, 2.45) is 9.98 Å². The number of nitrogens with one attached hydrogen (secondary N) is 2. The van der Waals surface area contributed by atoms with Gasteiger partial charge in [0.1, 0.15) is 47.6 Å². The molecule has 0 aromatic rings. The SMILES string of the molecule is CCCCN=C1C=C(NCCCC)C(=O)C(C(C#N)=C(C#N)C#N)=C1[O-].CCCCN=C1C=C(NCCCC)C(=O)C(C(C#N)=C(C#N)C#N)=C1[O-].[Cu+2]. The van der Waals surface area contributed by atoms with E-state index in [0.717, 1.165) is 51.4 Å². The summed E-state index contributed by atoms with van der Waals surface area (Å²) in [7, 11) is 0. The van der Waals surface area contributed by atoms with Crippen LogP contribution in [0.5, 0.6) is 0 Å². The molecule has 0 aromatic carbocycles. The summed E-state index contributed by atoms with van der Waals surface area (Å²) in [4.78, 5) is 33.8. The number of nitriles is 6. The molecule has 0 aromatic heterocycles. The van der Waals surface area contributed by atoms with E-state index in [9.17, 15) is 30.3 Å². The fraction of sp³-hybridized carbons (Fsp3) is 0.421. The molecule has 15 heteroatoms. The fourth-order valence-corrected chi connectivity index (χ4v) is 4.48. The Labute approximate surface area is 321 Å². The molecule has 0 saturated carbocycles. The predicted octanol–water partition coefficient (Wildman–Crippen LogP) is 3.13. The van der Waals surface area contributed by atoms with Crippen LogP contribution in [0.4, 0.5) is 0 Å². The van der Waals surface area contributed by atoms with Gasteiger partial charge in [0.15, 0.2) is 0 Å². The summed E-state index contributed by atoms with van der Waals surface area (Å²) < 4.78 is 0. The van der Waals surface area contributed by atoms with E-state index in [1.54, 1.807) is 36.4 Å². The third-order valence-corrected chi connectivity index (χ3v) is 7.37. The Hall–Kier alpha value is -6.22. The molecule has 0 heterocycles. The average molecular weight is 764 g/mol. The predicted molar refractivity (Wildman–Crippen MR) is 188 cm³/mol. The van der Waals surface area contributed by atoms with Crippen LogP contribution in [0.25, 0.3) is 0 Å². The number of hydrogen-bond acceptors (Lipinski definition) is 14. The largest absolute Gasteiger partial charge is 2.00 e. The summed E-state index contributed by atoms with van der Waals surface area (Å²) in [5, 5.41) is 86.1. The van der Waals surface area contributed by atoms with Gasteiger partial charge in [0, 0.05) is 37.3 Å². The zero-order valence-electron chi connectivity index (χ0n) is 30.2. The number of carbonyl (C=O) groups excluding carboxylic acids is 2. The van der Waals surface area contributed by atoms with Crippen molar-refractivity contribution in [2.45, 2.75) is 79.1 Å². The van der Waals surface area contributed by atoms with E-state index in [1.807, 2.05) is 27.7 Å². The van der Waals surface area contributed by atoms with Gasteiger partial charge in [-0.1, -0.05) is 64.9 Å². The minimum absolute atomic E-state index is 0. The van der Waals surface area contributed by atoms with E-state index in [4.69, 9.17) is 21.0 Å². The van der Waals surface area contributed by atoms with Crippen molar-refractivity contribution in [2.75, 3.05) is 26.2 Å². The van der Waals surface area contributed by atoms with Crippen LogP contribution in [0.1, 0.15) is 79.1 Å². The number of rotatable bonds is 16. The molecule has 0 fully saturated rings. The van der Waals surface area contributed by atoms with Crippen LogP contribution in [0, 0.1) is 68.0 Å². The standard InChI is InChI=1S/2C19H21N5O2.Cu/c2*1-3-5-7-23-15-9-16(24-8-6-4-2)19(26)17(18(15)25)14(12-22)13(10-20)11-21;/h2*9,23,26H,3-8H2,1-2H3;/q;;+2/p-2. The molecule has 2 aliphatic rings. The summed E-state index contributed by atoms with van der Waals surface area (Å²) in [5.74, 6) is -2.85. The Balaban J connectivity index is 0.00000100. The zero-order chi connectivity index (χ0) is 39.1. The van der Waals surface area contributed by atoms with Gasteiger partial charge in [-0.3, -0.25) is 19.6 Å². The maximum atomic E-state index is 12.7. The van der Waals surface area contributed by atoms with Crippen molar-refractivity contribution in [1.82, 2.24) is 10.6 Å². The second kappa shape index (κ2) is 25.7. The number of ketones is 2. The zero-order valence-corrected chi connectivity index (χ0v) is 31.1. The van der Waals surface area contributed by atoms with Crippen LogP contribution in [0.15, 0.2) is 78.5 Å². The maximum Gasteiger partial charge on any atom is 2.00 e. The second-order valence-corrected chi connectivity index (χ2v) is 11.2. The topological polar surface area (TPSA) is 272 Å². The first-order chi connectivity index (χ1) is 25.1. The molecule has 0 bridgehead atoms. The summed E-state index contributed by atoms with van der Waals surface area (Å²) >= 11 is 0. The minimum Gasteiger partial charge on any atom is -0.870 e. The van der Waals surface area contributed by atoms with E-state index >= 15 is 0 Å². The maximum absolute atomic E-state index is 12.7. The van der Waals surface area contributed by atoms with Crippen LogP contribution in [0.2, 0.25) is 0 Å². The summed E-state index contributed by atoms with van der Waals surface area (Å²) in [5.41, 5.74) is -2.68. The van der Waals surface area contributed by atoms with E-state index in [-0.39, 0.29) is 39.9 Å². The Bertz CT molecular complexity index is 1730. The summed E-state index contributed by atoms with van der Waals surface area (Å²) in [6, 6.07) is 9.58. The van der Waals surface area contributed by atoms with E-state index in [2.05, 4.69) is 20.6 Å². The molecule has 0 atom stereocenters. The van der Waals surface area contributed by atoms with Gasteiger partial charge in [0.25, 0.3) is 0 Å². The number of aliphatic imine (C=N–C) groups is 2. The molecular formula is C38H40CuN10O4.